The number of fused-ring (bicyclic) bond motifs is 6. The first-order valence-corrected chi connectivity index (χ1v) is 10.2. The summed E-state index contributed by atoms with van der Waals surface area (Å²) < 4.78 is 2.63. The van der Waals surface area contributed by atoms with Gasteiger partial charge in [0.2, 0.25) is 0 Å². The van der Waals surface area contributed by atoms with Gasteiger partial charge in [0.25, 0.3) is 0 Å². The Morgan fingerprint density at radius 3 is 2.39 bits per heavy atom. The normalized spacial score (nSPS) is 11.8. The van der Waals surface area contributed by atoms with E-state index in [1.165, 1.54) is 25.6 Å². The number of rotatable bonds is 1. The topological polar surface area (TPSA) is 25.8 Å². The van der Waals surface area contributed by atoms with Crippen LogP contribution in [0.4, 0.5) is 0 Å². The summed E-state index contributed by atoms with van der Waals surface area (Å²) in [6, 6.07) is 27.8. The lowest BCUT2D eigenvalue weighted by Gasteiger charge is -2.09. The van der Waals surface area contributed by atoms with Crippen molar-refractivity contribution in [2.45, 2.75) is 6.92 Å². The molecule has 28 heavy (non-hydrogen) atoms. The van der Waals surface area contributed by atoms with E-state index in [1.807, 2.05) is 11.3 Å². The average Bonchev–Trinajstić information content (AvgIpc) is 3.11. The molecule has 0 aliphatic carbocycles. The molecule has 2 nitrogen and oxygen atoms in total. The van der Waals surface area contributed by atoms with Gasteiger partial charge in [-0.1, -0.05) is 54.6 Å². The smallest absolute Gasteiger partial charge is 0.0968 e. The Balaban J connectivity index is 1.62. The number of benzene rings is 4. The van der Waals surface area contributed by atoms with Crippen LogP contribution in [0.15, 0.2) is 78.9 Å². The van der Waals surface area contributed by atoms with Crippen molar-refractivity contribution in [3.8, 4) is 11.3 Å². The predicted octanol–water partition coefficient (Wildman–Crippen LogP) is 7.13. The third kappa shape index (κ3) is 2.26. The molecule has 2 aromatic heterocycles. The molecule has 0 spiro atoms. The first kappa shape index (κ1) is 15.7. The van der Waals surface area contributed by atoms with Crippen LogP contribution < -0.4 is 0 Å². The van der Waals surface area contributed by atoms with Gasteiger partial charge in [0.15, 0.2) is 0 Å². The fourth-order valence-corrected chi connectivity index (χ4v) is 5.11. The van der Waals surface area contributed by atoms with E-state index in [-0.39, 0.29) is 0 Å². The van der Waals surface area contributed by atoms with Crippen LogP contribution in [0.3, 0.4) is 0 Å². The van der Waals surface area contributed by atoms with Crippen molar-refractivity contribution in [1.29, 1.82) is 0 Å². The molecule has 0 fully saturated rings. The van der Waals surface area contributed by atoms with Gasteiger partial charge >= 0.3 is 0 Å². The number of nitrogens with zero attached hydrogens (tertiary/aromatic N) is 2. The highest BCUT2D eigenvalue weighted by Crippen LogP contribution is 2.36. The van der Waals surface area contributed by atoms with Gasteiger partial charge in [-0.05, 0) is 36.6 Å². The van der Waals surface area contributed by atoms with Crippen LogP contribution in [0, 0.1) is 6.92 Å². The first-order valence-electron chi connectivity index (χ1n) is 9.36. The van der Waals surface area contributed by atoms with E-state index in [4.69, 9.17) is 9.97 Å². The zero-order valence-corrected chi connectivity index (χ0v) is 16.1. The van der Waals surface area contributed by atoms with Crippen molar-refractivity contribution in [3.63, 3.8) is 0 Å². The summed E-state index contributed by atoms with van der Waals surface area (Å²) in [5, 5.41) is 4.95. The number of hydrogen-bond acceptors (Lipinski definition) is 3. The van der Waals surface area contributed by atoms with E-state index in [9.17, 15) is 0 Å². The number of hydrogen-bond donors (Lipinski definition) is 0. The standard InChI is InChI=1S/C25H16N2S/c1-15-24(27-21-12-10-16-6-2-3-7-18(16)25(21)26-15)17-11-13-23-20(14-17)19-8-4-5-9-22(19)28-23/h2-14H,1H3. The van der Waals surface area contributed by atoms with Crippen LogP contribution in [0.5, 0.6) is 0 Å². The van der Waals surface area contributed by atoms with Crippen molar-refractivity contribution in [2.75, 3.05) is 0 Å². The van der Waals surface area contributed by atoms with Crippen molar-refractivity contribution in [2.24, 2.45) is 0 Å². The summed E-state index contributed by atoms with van der Waals surface area (Å²) in [5.41, 5.74) is 4.95. The maximum absolute atomic E-state index is 5.01. The summed E-state index contributed by atoms with van der Waals surface area (Å²) in [6.45, 7) is 2.06. The molecule has 0 aliphatic rings. The molecular weight excluding hydrogens is 360 g/mol. The molecule has 0 bridgehead atoms. The van der Waals surface area contributed by atoms with Gasteiger partial charge < -0.3 is 0 Å². The highest BCUT2D eigenvalue weighted by Gasteiger charge is 2.12. The maximum atomic E-state index is 5.01. The molecule has 6 aromatic rings. The van der Waals surface area contributed by atoms with E-state index in [1.54, 1.807) is 0 Å². The predicted molar refractivity (Wildman–Crippen MR) is 120 cm³/mol. The summed E-state index contributed by atoms with van der Waals surface area (Å²) >= 11 is 1.84. The lowest BCUT2D eigenvalue weighted by atomic mass is 10.0. The fraction of sp³-hybridized carbons (Fsp3) is 0.0400. The second kappa shape index (κ2) is 5.85. The zero-order valence-electron chi connectivity index (χ0n) is 15.3. The van der Waals surface area contributed by atoms with Gasteiger partial charge in [-0.25, -0.2) is 9.97 Å². The summed E-state index contributed by atoms with van der Waals surface area (Å²) in [7, 11) is 0. The lowest BCUT2D eigenvalue weighted by Crippen LogP contribution is -1.95. The highest BCUT2D eigenvalue weighted by molar-refractivity contribution is 7.25. The Morgan fingerprint density at radius 2 is 1.46 bits per heavy atom. The Kier molecular flexibility index (Phi) is 3.28. The Bertz CT molecular complexity index is 1530. The van der Waals surface area contributed by atoms with Crippen LogP contribution >= 0.6 is 11.3 Å². The second-order valence-electron chi connectivity index (χ2n) is 7.12. The maximum Gasteiger partial charge on any atom is 0.0968 e. The molecule has 0 radical (unpaired) electrons. The Morgan fingerprint density at radius 1 is 0.679 bits per heavy atom. The summed E-state index contributed by atoms with van der Waals surface area (Å²) in [4.78, 5) is 9.96. The van der Waals surface area contributed by atoms with Crippen LogP contribution in [0.25, 0.3) is 53.2 Å². The lowest BCUT2D eigenvalue weighted by molar-refractivity contribution is 1.20. The minimum atomic E-state index is 0.939. The van der Waals surface area contributed by atoms with Crippen LogP contribution in [0.1, 0.15) is 5.69 Å². The van der Waals surface area contributed by atoms with E-state index in [0.29, 0.717) is 0 Å². The van der Waals surface area contributed by atoms with Crippen molar-refractivity contribution < 1.29 is 0 Å². The molecule has 4 aromatic carbocycles. The molecule has 0 N–H and O–H groups in total. The highest BCUT2D eigenvalue weighted by atomic mass is 32.1. The molecule has 0 amide bonds. The molecule has 132 valence electrons. The SMILES string of the molecule is Cc1nc2c(ccc3ccccc32)nc1-c1ccc2sc3ccccc3c2c1. The Labute approximate surface area is 166 Å². The average molecular weight is 376 g/mol. The monoisotopic (exact) mass is 376 g/mol. The van der Waals surface area contributed by atoms with Gasteiger partial charge in [-0.3, -0.25) is 0 Å². The van der Waals surface area contributed by atoms with Gasteiger partial charge in [-0.15, -0.1) is 11.3 Å². The van der Waals surface area contributed by atoms with Gasteiger partial charge in [-0.2, -0.15) is 0 Å². The molecule has 0 unspecified atom stereocenters. The van der Waals surface area contributed by atoms with Crippen molar-refractivity contribution in [3.05, 3.63) is 84.6 Å². The Hall–Kier alpha value is -3.30. The van der Waals surface area contributed by atoms with Crippen LogP contribution in [0.2, 0.25) is 0 Å². The number of aromatic nitrogens is 2. The van der Waals surface area contributed by atoms with Crippen LogP contribution in [-0.2, 0) is 0 Å². The van der Waals surface area contributed by atoms with E-state index < -0.39 is 0 Å². The zero-order chi connectivity index (χ0) is 18.7. The van der Waals surface area contributed by atoms with E-state index in [2.05, 4.69) is 85.8 Å². The molecule has 0 atom stereocenters. The second-order valence-corrected chi connectivity index (χ2v) is 8.20. The van der Waals surface area contributed by atoms with Gasteiger partial charge in [0.05, 0.1) is 22.4 Å². The molecule has 0 aliphatic heterocycles. The molecule has 0 saturated heterocycles. The van der Waals surface area contributed by atoms with Crippen molar-refractivity contribution >= 4 is 53.3 Å². The van der Waals surface area contributed by atoms with Crippen molar-refractivity contribution in [1.82, 2.24) is 9.97 Å². The molecule has 3 heteroatoms. The van der Waals surface area contributed by atoms with E-state index >= 15 is 0 Å². The minimum absolute atomic E-state index is 0.939. The molecular formula is C25H16N2S. The molecule has 2 heterocycles. The quantitative estimate of drug-likeness (QED) is 0.285. The summed E-state index contributed by atoms with van der Waals surface area (Å²) in [5.74, 6) is 0. The van der Waals surface area contributed by atoms with E-state index in [0.717, 1.165) is 33.4 Å². The third-order valence-corrected chi connectivity index (χ3v) is 6.54. The molecule has 0 saturated carbocycles. The third-order valence-electron chi connectivity index (χ3n) is 5.38. The van der Waals surface area contributed by atoms with Crippen LogP contribution in [-0.4, -0.2) is 9.97 Å². The summed E-state index contributed by atoms with van der Waals surface area (Å²) in [6.07, 6.45) is 0. The van der Waals surface area contributed by atoms with Gasteiger partial charge in [0, 0.05) is 31.1 Å². The minimum Gasteiger partial charge on any atom is -0.249 e. The first-order chi connectivity index (χ1) is 13.8. The molecule has 6 rings (SSSR count). The number of aryl methyl sites for hydroxylation is 1. The largest absolute Gasteiger partial charge is 0.249 e. The fourth-order valence-electron chi connectivity index (χ4n) is 4.02. The number of thiophene rings is 1. The van der Waals surface area contributed by atoms with Gasteiger partial charge in [0.1, 0.15) is 0 Å².